The number of carbonyl (C=O) groups is 1. The summed E-state index contributed by atoms with van der Waals surface area (Å²) in [5.74, 6) is 1.71. The lowest BCUT2D eigenvalue weighted by Crippen LogP contribution is -2.41. The lowest BCUT2D eigenvalue weighted by molar-refractivity contribution is -0.120. The van der Waals surface area contributed by atoms with Gasteiger partial charge in [0.1, 0.15) is 17.2 Å². The van der Waals surface area contributed by atoms with Crippen molar-refractivity contribution in [2.45, 2.75) is 24.7 Å². The second kappa shape index (κ2) is 10.7. The first-order valence-electron chi connectivity index (χ1n) is 11.3. The Hall–Kier alpha value is -3.36. The van der Waals surface area contributed by atoms with Crippen molar-refractivity contribution in [3.05, 3.63) is 78.9 Å². The SMILES string of the molecule is CCOc1ccc(S(=O)(=O)N2CCC(C(=O)Nc3ccc(Oc4ccccc4)cc3)CC2)cc1. The molecular formula is C26H28N2O5S. The van der Waals surface area contributed by atoms with Gasteiger partial charge in [-0.2, -0.15) is 4.31 Å². The van der Waals surface area contributed by atoms with Crippen molar-refractivity contribution in [2.24, 2.45) is 5.92 Å². The quantitative estimate of drug-likeness (QED) is 0.495. The molecule has 1 aliphatic rings. The summed E-state index contributed by atoms with van der Waals surface area (Å²) in [6.07, 6.45) is 0.939. The van der Waals surface area contributed by atoms with Crippen LogP contribution >= 0.6 is 0 Å². The summed E-state index contributed by atoms with van der Waals surface area (Å²) in [7, 11) is -3.60. The molecule has 178 valence electrons. The number of hydrogen-bond acceptors (Lipinski definition) is 5. The number of benzene rings is 3. The summed E-state index contributed by atoms with van der Waals surface area (Å²) in [4.78, 5) is 13.0. The minimum absolute atomic E-state index is 0.102. The highest BCUT2D eigenvalue weighted by Gasteiger charge is 2.32. The Morgan fingerprint density at radius 1 is 0.882 bits per heavy atom. The van der Waals surface area contributed by atoms with Gasteiger partial charge < -0.3 is 14.8 Å². The van der Waals surface area contributed by atoms with Crippen LogP contribution < -0.4 is 14.8 Å². The number of rotatable bonds is 8. The number of nitrogens with one attached hydrogen (secondary N) is 1. The maximum Gasteiger partial charge on any atom is 0.243 e. The van der Waals surface area contributed by atoms with Crippen LogP contribution in [-0.4, -0.2) is 38.3 Å². The van der Waals surface area contributed by atoms with Gasteiger partial charge in [0.15, 0.2) is 0 Å². The standard InChI is InChI=1S/C26H28N2O5S/c1-2-32-22-12-14-25(15-13-22)34(30,31)28-18-16-20(17-19-28)26(29)27-21-8-10-24(11-9-21)33-23-6-4-3-5-7-23/h3-15,20H,2,16-19H2,1H3,(H,27,29). The first-order chi connectivity index (χ1) is 16.5. The smallest absolute Gasteiger partial charge is 0.243 e. The van der Waals surface area contributed by atoms with Crippen molar-refractivity contribution in [1.29, 1.82) is 0 Å². The van der Waals surface area contributed by atoms with Gasteiger partial charge in [-0.1, -0.05) is 18.2 Å². The van der Waals surface area contributed by atoms with E-state index in [4.69, 9.17) is 9.47 Å². The van der Waals surface area contributed by atoms with Crippen LogP contribution in [0.4, 0.5) is 5.69 Å². The van der Waals surface area contributed by atoms with Gasteiger partial charge in [0.25, 0.3) is 0 Å². The fourth-order valence-electron chi connectivity index (χ4n) is 3.86. The lowest BCUT2D eigenvalue weighted by Gasteiger charge is -2.30. The minimum Gasteiger partial charge on any atom is -0.494 e. The third kappa shape index (κ3) is 5.76. The van der Waals surface area contributed by atoms with Crippen LogP contribution in [0.3, 0.4) is 0 Å². The molecule has 1 amide bonds. The molecule has 0 spiro atoms. The van der Waals surface area contributed by atoms with Crippen molar-refractivity contribution in [2.75, 3.05) is 25.0 Å². The molecule has 8 heteroatoms. The van der Waals surface area contributed by atoms with Crippen LogP contribution in [-0.2, 0) is 14.8 Å². The van der Waals surface area contributed by atoms with Crippen molar-refractivity contribution < 1.29 is 22.7 Å². The Morgan fingerprint density at radius 2 is 1.47 bits per heavy atom. The summed E-state index contributed by atoms with van der Waals surface area (Å²) in [6, 6.07) is 23.1. The van der Waals surface area contributed by atoms with E-state index in [-0.39, 0.29) is 16.7 Å². The molecule has 0 aliphatic carbocycles. The van der Waals surface area contributed by atoms with E-state index in [1.807, 2.05) is 37.3 Å². The molecule has 1 aliphatic heterocycles. The molecule has 7 nitrogen and oxygen atoms in total. The second-order valence-corrected chi connectivity index (χ2v) is 9.95. The summed E-state index contributed by atoms with van der Waals surface area (Å²) in [6.45, 7) is 3.00. The Balaban J connectivity index is 1.30. The zero-order chi connectivity index (χ0) is 24.0. The molecule has 0 radical (unpaired) electrons. The highest BCUT2D eigenvalue weighted by Crippen LogP contribution is 2.27. The molecule has 3 aromatic carbocycles. The number of hydrogen-bond donors (Lipinski definition) is 1. The van der Waals surface area contributed by atoms with Gasteiger partial charge in [0.2, 0.25) is 15.9 Å². The molecule has 0 aromatic heterocycles. The molecular weight excluding hydrogens is 452 g/mol. The van der Waals surface area contributed by atoms with Gasteiger partial charge in [-0.3, -0.25) is 4.79 Å². The van der Waals surface area contributed by atoms with E-state index < -0.39 is 10.0 Å². The third-order valence-corrected chi connectivity index (χ3v) is 7.61. The van der Waals surface area contributed by atoms with Gasteiger partial charge in [-0.25, -0.2) is 8.42 Å². The average Bonchev–Trinajstić information content (AvgIpc) is 2.86. The van der Waals surface area contributed by atoms with Crippen LogP contribution in [0.1, 0.15) is 19.8 Å². The average molecular weight is 481 g/mol. The normalized spacial score (nSPS) is 15.0. The summed E-state index contributed by atoms with van der Waals surface area (Å²) in [5, 5.41) is 2.93. The number of para-hydroxylation sites is 1. The summed E-state index contributed by atoms with van der Waals surface area (Å²) < 4.78 is 38.5. The molecule has 0 unspecified atom stereocenters. The predicted octanol–water partition coefficient (Wildman–Crippen LogP) is 4.92. The van der Waals surface area contributed by atoms with E-state index in [1.165, 1.54) is 4.31 Å². The van der Waals surface area contributed by atoms with Crippen molar-refractivity contribution in [1.82, 2.24) is 4.31 Å². The van der Waals surface area contributed by atoms with Crippen LogP contribution in [0.25, 0.3) is 0 Å². The number of carbonyl (C=O) groups excluding carboxylic acids is 1. The Labute approximate surface area is 200 Å². The largest absolute Gasteiger partial charge is 0.494 e. The third-order valence-electron chi connectivity index (χ3n) is 5.70. The number of amides is 1. The topological polar surface area (TPSA) is 84.9 Å². The Morgan fingerprint density at radius 3 is 2.09 bits per heavy atom. The number of sulfonamides is 1. The van der Waals surface area contributed by atoms with Crippen molar-refractivity contribution >= 4 is 21.6 Å². The highest BCUT2D eigenvalue weighted by atomic mass is 32.2. The fraction of sp³-hybridized carbons (Fsp3) is 0.269. The van der Waals surface area contributed by atoms with E-state index in [0.717, 1.165) is 5.75 Å². The monoisotopic (exact) mass is 480 g/mol. The fourth-order valence-corrected chi connectivity index (χ4v) is 5.33. The predicted molar refractivity (Wildman–Crippen MR) is 131 cm³/mol. The van der Waals surface area contributed by atoms with Crippen LogP contribution in [0, 0.1) is 5.92 Å². The molecule has 1 N–H and O–H groups in total. The van der Waals surface area contributed by atoms with Gasteiger partial charge >= 0.3 is 0 Å². The van der Waals surface area contributed by atoms with E-state index in [9.17, 15) is 13.2 Å². The van der Waals surface area contributed by atoms with E-state index in [1.54, 1.807) is 48.5 Å². The first kappa shape index (κ1) is 23.8. The Kier molecular flexibility index (Phi) is 7.49. The Bertz CT molecular complexity index is 1190. The number of piperidine rings is 1. The zero-order valence-electron chi connectivity index (χ0n) is 19.0. The molecule has 1 heterocycles. The van der Waals surface area contributed by atoms with Gasteiger partial charge in [-0.15, -0.1) is 0 Å². The first-order valence-corrected chi connectivity index (χ1v) is 12.8. The highest BCUT2D eigenvalue weighted by molar-refractivity contribution is 7.89. The van der Waals surface area contributed by atoms with Gasteiger partial charge in [-0.05, 0) is 80.4 Å². The van der Waals surface area contributed by atoms with Crippen LogP contribution in [0.2, 0.25) is 0 Å². The van der Waals surface area contributed by atoms with Gasteiger partial charge in [0.05, 0.1) is 11.5 Å². The zero-order valence-corrected chi connectivity index (χ0v) is 19.8. The lowest BCUT2D eigenvalue weighted by atomic mass is 9.97. The van der Waals surface area contributed by atoms with E-state index in [2.05, 4.69) is 5.32 Å². The molecule has 0 bridgehead atoms. The van der Waals surface area contributed by atoms with Crippen molar-refractivity contribution in [3.63, 3.8) is 0 Å². The molecule has 1 saturated heterocycles. The van der Waals surface area contributed by atoms with Gasteiger partial charge in [0, 0.05) is 24.7 Å². The van der Waals surface area contributed by atoms with Crippen LogP contribution in [0.15, 0.2) is 83.8 Å². The minimum atomic E-state index is -3.60. The van der Waals surface area contributed by atoms with E-state index in [0.29, 0.717) is 49.7 Å². The number of ether oxygens (including phenoxy) is 2. The van der Waals surface area contributed by atoms with Crippen LogP contribution in [0.5, 0.6) is 17.2 Å². The maximum absolute atomic E-state index is 13.0. The summed E-state index contributed by atoms with van der Waals surface area (Å²) >= 11 is 0. The molecule has 0 atom stereocenters. The molecule has 0 saturated carbocycles. The molecule has 1 fully saturated rings. The van der Waals surface area contributed by atoms with E-state index >= 15 is 0 Å². The maximum atomic E-state index is 13.0. The molecule has 34 heavy (non-hydrogen) atoms. The molecule has 4 rings (SSSR count). The molecule has 3 aromatic rings. The van der Waals surface area contributed by atoms with Crippen molar-refractivity contribution in [3.8, 4) is 17.2 Å². The second-order valence-electron chi connectivity index (χ2n) is 8.01. The number of nitrogens with zero attached hydrogens (tertiary/aromatic N) is 1. The summed E-state index contributed by atoms with van der Waals surface area (Å²) in [5.41, 5.74) is 0.676. The number of anilines is 1.